The van der Waals surface area contributed by atoms with Gasteiger partial charge in [-0.3, -0.25) is 4.57 Å². The molecule has 7 heteroatoms. The summed E-state index contributed by atoms with van der Waals surface area (Å²) in [7, 11) is 0. The lowest BCUT2D eigenvalue weighted by molar-refractivity contribution is 0.134. The van der Waals surface area contributed by atoms with Crippen LogP contribution in [0.3, 0.4) is 0 Å². The Bertz CT molecular complexity index is 460. The number of nitrogens with zero attached hydrogens (tertiary/aromatic N) is 1. The fraction of sp³-hybridized carbons (Fsp3) is 0.636. The fourth-order valence-corrected chi connectivity index (χ4v) is 2.23. The molecule has 1 rings (SSSR count). The van der Waals surface area contributed by atoms with Crippen molar-refractivity contribution in [3.05, 3.63) is 9.33 Å². The number of hydrogen-bond donors (Lipinski definition) is 2. The monoisotopic (exact) mass is 290 g/mol. The van der Waals surface area contributed by atoms with Crippen molar-refractivity contribution in [3.8, 4) is 5.88 Å². The van der Waals surface area contributed by atoms with E-state index in [1.54, 1.807) is 9.95 Å². The maximum atomic E-state index is 11.3. The molecule has 0 atom stereocenters. The number of ether oxygens (including phenoxy) is 1. The van der Waals surface area contributed by atoms with Crippen molar-refractivity contribution >= 4 is 29.6 Å². The van der Waals surface area contributed by atoms with Gasteiger partial charge in [-0.15, -0.1) is 11.3 Å². The Kier molecular flexibility index (Phi) is 5.15. The number of hydrogen-bond acceptors (Lipinski definition) is 5. The molecule has 0 radical (unpaired) electrons. The molecule has 0 aliphatic carbocycles. The van der Waals surface area contributed by atoms with Crippen LogP contribution < -0.4 is 5.32 Å². The maximum Gasteiger partial charge on any atom is 0.407 e. The van der Waals surface area contributed by atoms with Crippen LogP contribution in [-0.4, -0.2) is 27.9 Å². The van der Waals surface area contributed by atoms with Gasteiger partial charge in [-0.1, -0.05) is 0 Å². The number of thiazole rings is 1. The van der Waals surface area contributed by atoms with Gasteiger partial charge < -0.3 is 15.2 Å². The highest BCUT2D eigenvalue weighted by molar-refractivity contribution is 7.73. The molecule has 102 valence electrons. The molecule has 5 nitrogen and oxygen atoms in total. The zero-order valence-corrected chi connectivity index (χ0v) is 12.4. The third-order valence-electron chi connectivity index (χ3n) is 2.00. The Labute approximate surface area is 115 Å². The van der Waals surface area contributed by atoms with Gasteiger partial charge in [0.15, 0.2) is 3.95 Å². The van der Waals surface area contributed by atoms with Crippen molar-refractivity contribution in [1.29, 1.82) is 0 Å². The van der Waals surface area contributed by atoms with Crippen LogP contribution >= 0.6 is 23.6 Å². The Hall–Kier alpha value is -1.08. The number of aromatic hydroxyl groups is 1. The third kappa shape index (κ3) is 5.05. The van der Waals surface area contributed by atoms with E-state index in [4.69, 9.17) is 17.0 Å². The Balaban J connectivity index is 2.28. The summed E-state index contributed by atoms with van der Waals surface area (Å²) in [5, 5.41) is 13.8. The summed E-state index contributed by atoms with van der Waals surface area (Å²) < 4.78 is 7.25. The fourth-order valence-electron chi connectivity index (χ4n) is 1.26. The predicted molar refractivity (Wildman–Crippen MR) is 73.7 cm³/mol. The average Bonchev–Trinajstić information content (AvgIpc) is 2.52. The number of rotatable bonds is 4. The van der Waals surface area contributed by atoms with Gasteiger partial charge in [-0.25, -0.2) is 4.79 Å². The second kappa shape index (κ2) is 6.19. The lowest BCUT2D eigenvalue weighted by Crippen LogP contribution is -2.41. The molecular formula is C11H18N2O3S2. The summed E-state index contributed by atoms with van der Waals surface area (Å²) in [5.74, 6) is 0.157. The van der Waals surface area contributed by atoms with E-state index in [0.717, 1.165) is 0 Å². The van der Waals surface area contributed by atoms with Gasteiger partial charge in [0.05, 0.1) is 12.0 Å². The molecule has 0 saturated carbocycles. The van der Waals surface area contributed by atoms with Gasteiger partial charge >= 0.3 is 6.09 Å². The largest absolute Gasteiger partial charge is 0.494 e. The summed E-state index contributed by atoms with van der Waals surface area (Å²) in [4.78, 5) is 11.3. The molecule has 0 aromatic carbocycles. The molecule has 2 N–H and O–H groups in total. The normalized spacial score (nSPS) is 11.3. The van der Waals surface area contributed by atoms with Crippen LogP contribution in [0.4, 0.5) is 4.79 Å². The highest BCUT2D eigenvalue weighted by Crippen LogP contribution is 2.17. The first-order valence-corrected chi connectivity index (χ1v) is 6.90. The smallest absolute Gasteiger partial charge is 0.407 e. The van der Waals surface area contributed by atoms with E-state index in [9.17, 15) is 9.90 Å². The number of carbonyl (C=O) groups excluding carboxylic acids is 1. The molecule has 0 unspecified atom stereocenters. The second-order valence-corrected chi connectivity index (χ2v) is 6.38. The summed E-state index contributed by atoms with van der Waals surface area (Å²) in [6.07, 6.45) is 0.177. The molecule has 0 fully saturated rings. The van der Waals surface area contributed by atoms with E-state index in [1.807, 2.05) is 20.8 Å². The van der Waals surface area contributed by atoms with Crippen molar-refractivity contribution in [2.45, 2.75) is 39.3 Å². The first-order chi connectivity index (χ1) is 8.29. The van der Waals surface area contributed by atoms with Crippen molar-refractivity contribution < 1.29 is 14.6 Å². The second-order valence-electron chi connectivity index (χ2n) is 4.88. The van der Waals surface area contributed by atoms with Crippen molar-refractivity contribution in [2.75, 3.05) is 6.61 Å². The van der Waals surface area contributed by atoms with Crippen molar-refractivity contribution in [1.82, 2.24) is 9.88 Å². The molecule has 1 amide bonds. The van der Waals surface area contributed by atoms with Gasteiger partial charge in [0, 0.05) is 12.1 Å². The van der Waals surface area contributed by atoms with Crippen LogP contribution in [0.15, 0.2) is 5.38 Å². The number of amides is 1. The molecule has 0 bridgehead atoms. The molecular weight excluding hydrogens is 272 g/mol. The van der Waals surface area contributed by atoms with Crippen LogP contribution in [0.2, 0.25) is 0 Å². The third-order valence-corrected chi connectivity index (χ3v) is 3.26. The van der Waals surface area contributed by atoms with Gasteiger partial charge in [0.2, 0.25) is 5.88 Å². The SMILES string of the molecule is CC(C)(C)NC(=O)OCCCn1c(O)csc1=S. The predicted octanol–water partition coefficient (Wildman–Crippen LogP) is 2.90. The molecule has 1 heterocycles. The van der Waals surface area contributed by atoms with E-state index >= 15 is 0 Å². The highest BCUT2D eigenvalue weighted by Gasteiger charge is 2.14. The molecule has 0 spiro atoms. The zero-order valence-electron chi connectivity index (χ0n) is 10.7. The molecule has 0 saturated heterocycles. The van der Waals surface area contributed by atoms with E-state index in [2.05, 4.69) is 5.32 Å². The molecule has 1 aromatic heterocycles. The van der Waals surface area contributed by atoms with Crippen molar-refractivity contribution in [2.24, 2.45) is 0 Å². The van der Waals surface area contributed by atoms with Crippen molar-refractivity contribution in [3.63, 3.8) is 0 Å². The maximum absolute atomic E-state index is 11.3. The quantitative estimate of drug-likeness (QED) is 0.661. The number of carbonyl (C=O) groups is 1. The highest BCUT2D eigenvalue weighted by atomic mass is 32.1. The summed E-state index contributed by atoms with van der Waals surface area (Å²) >= 11 is 6.36. The lowest BCUT2D eigenvalue weighted by Gasteiger charge is -2.19. The Morgan fingerprint density at radius 1 is 1.61 bits per heavy atom. The topological polar surface area (TPSA) is 63.5 Å². The number of aromatic nitrogens is 1. The van der Waals surface area contributed by atoms with Gasteiger partial charge in [-0.2, -0.15) is 0 Å². The molecule has 0 aliphatic heterocycles. The van der Waals surface area contributed by atoms with Crippen LogP contribution in [0.5, 0.6) is 5.88 Å². The van der Waals surface area contributed by atoms with Crippen LogP contribution in [0.1, 0.15) is 27.2 Å². The number of alkyl carbamates (subject to hydrolysis) is 1. The van der Waals surface area contributed by atoms with E-state index in [1.165, 1.54) is 11.3 Å². The summed E-state index contributed by atoms with van der Waals surface area (Å²) in [6.45, 7) is 6.49. The lowest BCUT2D eigenvalue weighted by atomic mass is 10.1. The van der Waals surface area contributed by atoms with Gasteiger partial charge in [-0.05, 0) is 39.4 Å². The first-order valence-electron chi connectivity index (χ1n) is 5.62. The Morgan fingerprint density at radius 2 is 2.28 bits per heavy atom. The van der Waals surface area contributed by atoms with E-state index in [0.29, 0.717) is 23.5 Å². The number of nitrogens with one attached hydrogen (secondary N) is 1. The molecule has 1 aromatic rings. The minimum absolute atomic E-state index is 0.157. The van der Waals surface area contributed by atoms with Gasteiger partial charge in [0.25, 0.3) is 0 Å². The minimum atomic E-state index is -0.430. The standard InChI is InChI=1S/C11H18N2O3S2/c1-11(2,3)12-9(15)16-6-4-5-13-8(14)7-18-10(13)17/h7,14H,4-6H2,1-3H3,(H,12,15). The summed E-state index contributed by atoms with van der Waals surface area (Å²) in [5.41, 5.74) is -0.300. The van der Waals surface area contributed by atoms with Crippen LogP contribution in [0, 0.1) is 3.95 Å². The molecule has 18 heavy (non-hydrogen) atoms. The summed E-state index contributed by atoms with van der Waals surface area (Å²) in [6, 6.07) is 0. The van der Waals surface area contributed by atoms with Crippen LogP contribution in [0.25, 0.3) is 0 Å². The van der Waals surface area contributed by atoms with Crippen LogP contribution in [-0.2, 0) is 11.3 Å². The average molecular weight is 290 g/mol. The van der Waals surface area contributed by atoms with E-state index < -0.39 is 6.09 Å². The Morgan fingerprint density at radius 3 is 2.78 bits per heavy atom. The molecule has 0 aliphatic rings. The zero-order chi connectivity index (χ0) is 13.8. The van der Waals surface area contributed by atoms with Gasteiger partial charge in [0.1, 0.15) is 0 Å². The van der Waals surface area contributed by atoms with E-state index in [-0.39, 0.29) is 11.4 Å². The minimum Gasteiger partial charge on any atom is -0.494 e. The first kappa shape index (κ1) is 15.0.